The number of halogens is 1. The van der Waals surface area contributed by atoms with E-state index >= 15 is 0 Å². The number of aliphatic hydroxyl groups excluding tert-OH is 1. The summed E-state index contributed by atoms with van der Waals surface area (Å²) in [7, 11) is 0. The van der Waals surface area contributed by atoms with E-state index in [2.05, 4.69) is 24.1 Å². The van der Waals surface area contributed by atoms with E-state index in [4.69, 9.17) is 5.11 Å². The Labute approximate surface area is 128 Å². The second-order valence-corrected chi connectivity index (χ2v) is 6.92. The van der Waals surface area contributed by atoms with Gasteiger partial charge in [-0.1, -0.05) is 11.8 Å². The molecule has 2 rings (SSSR count). The number of nitrogens with one attached hydrogen (secondary N) is 1. The Kier molecular flexibility index (Phi) is 5.27. The van der Waals surface area contributed by atoms with Crippen LogP contribution in [0, 0.1) is 17.7 Å². The molecule has 1 atom stereocenters. The first-order valence-corrected chi connectivity index (χ1v) is 7.84. The normalized spacial score (nSPS) is 20.7. The van der Waals surface area contributed by atoms with Crippen LogP contribution in [0.1, 0.15) is 35.7 Å². The molecule has 0 aromatic heterocycles. The molecule has 0 aliphatic carbocycles. The summed E-state index contributed by atoms with van der Waals surface area (Å²) in [6.07, 6.45) is 2.22. The van der Waals surface area contributed by atoms with Crippen LogP contribution in [0.25, 0.3) is 0 Å². The molecule has 0 bridgehead atoms. The van der Waals surface area contributed by atoms with E-state index in [-0.39, 0.29) is 16.9 Å². The highest BCUT2D eigenvalue weighted by atomic mass is 32.2. The second-order valence-electron chi connectivity index (χ2n) is 5.24. The Hall–Kier alpha value is -1.51. The van der Waals surface area contributed by atoms with Gasteiger partial charge in [-0.25, -0.2) is 4.39 Å². The molecule has 21 heavy (non-hydrogen) atoms. The van der Waals surface area contributed by atoms with Crippen LogP contribution < -0.4 is 5.32 Å². The summed E-state index contributed by atoms with van der Waals surface area (Å²) in [4.78, 5) is 12.1. The van der Waals surface area contributed by atoms with E-state index in [1.54, 1.807) is 6.07 Å². The minimum absolute atomic E-state index is 0.0242. The number of thioether (sulfide) groups is 1. The minimum Gasteiger partial charge on any atom is -0.384 e. The smallest absolute Gasteiger partial charge is 0.254 e. The van der Waals surface area contributed by atoms with E-state index in [1.807, 2.05) is 11.8 Å². The maximum atomic E-state index is 13.9. The predicted molar refractivity (Wildman–Crippen MR) is 82.8 cm³/mol. The first-order chi connectivity index (χ1) is 10.0. The van der Waals surface area contributed by atoms with Crippen molar-refractivity contribution in [3.8, 4) is 11.8 Å². The van der Waals surface area contributed by atoms with Crippen LogP contribution in [0.3, 0.4) is 0 Å². The summed E-state index contributed by atoms with van der Waals surface area (Å²) >= 11 is 1.85. The summed E-state index contributed by atoms with van der Waals surface area (Å²) in [6.45, 7) is 2.39. The highest BCUT2D eigenvalue weighted by Crippen LogP contribution is 2.36. The first-order valence-electron chi connectivity index (χ1n) is 6.85. The molecule has 0 radical (unpaired) electrons. The third kappa shape index (κ3) is 4.23. The molecule has 0 saturated carbocycles. The molecule has 112 valence electrons. The van der Waals surface area contributed by atoms with Crippen molar-refractivity contribution in [2.75, 3.05) is 18.9 Å². The van der Waals surface area contributed by atoms with E-state index < -0.39 is 11.7 Å². The lowest BCUT2D eigenvalue weighted by atomic mass is 10.1. The van der Waals surface area contributed by atoms with Gasteiger partial charge in [0.25, 0.3) is 5.91 Å². The molecule has 3 nitrogen and oxygen atoms in total. The van der Waals surface area contributed by atoms with Gasteiger partial charge in [0.2, 0.25) is 0 Å². The van der Waals surface area contributed by atoms with Gasteiger partial charge in [-0.15, -0.1) is 0 Å². The summed E-state index contributed by atoms with van der Waals surface area (Å²) in [6, 6.07) is 4.21. The van der Waals surface area contributed by atoms with Gasteiger partial charge in [0, 0.05) is 16.9 Å². The molecule has 1 aliphatic rings. The Balaban J connectivity index is 2.02. The lowest BCUT2D eigenvalue weighted by Gasteiger charge is -2.22. The van der Waals surface area contributed by atoms with Gasteiger partial charge >= 0.3 is 0 Å². The van der Waals surface area contributed by atoms with Crippen molar-refractivity contribution in [1.29, 1.82) is 0 Å². The van der Waals surface area contributed by atoms with Crippen LogP contribution in [-0.4, -0.2) is 34.7 Å². The number of carbonyl (C=O) groups is 1. The van der Waals surface area contributed by atoms with Gasteiger partial charge in [-0.05, 0) is 43.7 Å². The zero-order valence-corrected chi connectivity index (χ0v) is 12.7. The molecule has 1 fully saturated rings. The molecule has 1 unspecified atom stereocenters. The van der Waals surface area contributed by atoms with Crippen molar-refractivity contribution in [3.05, 3.63) is 35.1 Å². The molecule has 2 N–H and O–H groups in total. The van der Waals surface area contributed by atoms with Gasteiger partial charge in [0.05, 0.1) is 5.56 Å². The summed E-state index contributed by atoms with van der Waals surface area (Å²) in [5.41, 5.74) is 0.465. The van der Waals surface area contributed by atoms with Gasteiger partial charge < -0.3 is 10.4 Å². The van der Waals surface area contributed by atoms with Crippen molar-refractivity contribution in [1.82, 2.24) is 5.32 Å². The van der Waals surface area contributed by atoms with Gasteiger partial charge in [0.1, 0.15) is 12.4 Å². The van der Waals surface area contributed by atoms with Crippen molar-refractivity contribution >= 4 is 17.7 Å². The van der Waals surface area contributed by atoms with Crippen LogP contribution >= 0.6 is 11.8 Å². The molecule has 1 aromatic rings. The Morgan fingerprint density at radius 2 is 2.38 bits per heavy atom. The monoisotopic (exact) mass is 307 g/mol. The summed E-state index contributed by atoms with van der Waals surface area (Å²) < 4.78 is 14.0. The average molecular weight is 307 g/mol. The molecule has 0 spiro atoms. The number of carbonyl (C=O) groups excluding carboxylic acids is 1. The number of aliphatic hydroxyl groups is 1. The number of hydrogen-bond acceptors (Lipinski definition) is 3. The highest BCUT2D eigenvalue weighted by molar-refractivity contribution is 8.00. The van der Waals surface area contributed by atoms with Crippen molar-refractivity contribution in [2.45, 2.75) is 24.5 Å². The summed E-state index contributed by atoms with van der Waals surface area (Å²) in [5.74, 6) is 5.17. The number of amides is 1. The fraction of sp³-hybridized carbons (Fsp3) is 0.438. The molecule has 1 amide bonds. The van der Waals surface area contributed by atoms with Gasteiger partial charge in [0.15, 0.2) is 0 Å². The van der Waals surface area contributed by atoms with Crippen molar-refractivity contribution in [2.24, 2.45) is 0 Å². The number of rotatable bonds is 3. The molecule has 5 heteroatoms. The fourth-order valence-corrected chi connectivity index (χ4v) is 3.50. The largest absolute Gasteiger partial charge is 0.384 e. The maximum absolute atomic E-state index is 13.9. The molecular formula is C16H18FNO2S. The SMILES string of the molecule is CC1(CNC(=O)c2ccc(C#CCO)cc2F)CCCS1. The number of benzene rings is 1. The van der Waals surface area contributed by atoms with Crippen LogP contribution in [0.5, 0.6) is 0 Å². The molecule has 1 aliphatic heterocycles. The van der Waals surface area contributed by atoms with Crippen LogP contribution in [0.2, 0.25) is 0 Å². The van der Waals surface area contributed by atoms with Gasteiger partial charge in [-0.2, -0.15) is 11.8 Å². The van der Waals surface area contributed by atoms with Crippen molar-refractivity contribution < 1.29 is 14.3 Å². The zero-order valence-electron chi connectivity index (χ0n) is 11.9. The van der Waals surface area contributed by atoms with E-state index in [1.165, 1.54) is 12.1 Å². The third-order valence-electron chi connectivity index (χ3n) is 3.45. The lowest BCUT2D eigenvalue weighted by molar-refractivity contribution is 0.0946. The second kappa shape index (κ2) is 6.97. The molecular weight excluding hydrogens is 289 g/mol. The van der Waals surface area contributed by atoms with Gasteiger partial charge in [-0.3, -0.25) is 4.79 Å². The van der Waals surface area contributed by atoms with Crippen LogP contribution in [0.15, 0.2) is 18.2 Å². The summed E-state index contributed by atoms with van der Waals surface area (Å²) in [5, 5.41) is 11.4. The van der Waals surface area contributed by atoms with Crippen molar-refractivity contribution in [3.63, 3.8) is 0 Å². The van der Waals surface area contributed by atoms with E-state index in [0.29, 0.717) is 12.1 Å². The minimum atomic E-state index is -0.596. The zero-order chi connectivity index (χ0) is 15.3. The molecule has 1 aromatic carbocycles. The quantitative estimate of drug-likeness (QED) is 0.842. The Morgan fingerprint density at radius 3 is 3.00 bits per heavy atom. The van der Waals surface area contributed by atoms with E-state index in [9.17, 15) is 9.18 Å². The predicted octanol–water partition coefficient (Wildman–Crippen LogP) is 2.19. The lowest BCUT2D eigenvalue weighted by Crippen LogP contribution is -2.37. The number of hydrogen-bond donors (Lipinski definition) is 2. The third-order valence-corrected chi connectivity index (χ3v) is 4.99. The molecule has 1 heterocycles. The van der Waals surface area contributed by atoms with Crippen LogP contribution in [-0.2, 0) is 0 Å². The molecule has 1 saturated heterocycles. The Bertz CT molecular complexity index is 586. The maximum Gasteiger partial charge on any atom is 0.254 e. The average Bonchev–Trinajstić information content (AvgIpc) is 2.90. The Morgan fingerprint density at radius 1 is 1.57 bits per heavy atom. The fourth-order valence-electron chi connectivity index (χ4n) is 2.26. The van der Waals surface area contributed by atoms with E-state index in [0.717, 1.165) is 18.6 Å². The van der Waals surface area contributed by atoms with Crippen LogP contribution in [0.4, 0.5) is 4.39 Å². The topological polar surface area (TPSA) is 49.3 Å². The standard InChI is InChI=1S/C16H18FNO2S/c1-16(7-3-9-21-16)11-18-15(20)13-6-5-12(4-2-8-19)10-14(13)17/h5-6,10,19H,3,7-9,11H2,1H3,(H,18,20). The first kappa shape index (κ1) is 15.9. The highest BCUT2D eigenvalue weighted by Gasteiger charge is 2.30.